The predicted molar refractivity (Wildman–Crippen MR) is 82.4 cm³/mol. The Balaban J connectivity index is 2.18. The van der Waals surface area contributed by atoms with Gasteiger partial charge in [-0.05, 0) is 23.6 Å². The molecule has 2 aromatic rings. The summed E-state index contributed by atoms with van der Waals surface area (Å²) in [7, 11) is 0. The zero-order chi connectivity index (χ0) is 14.5. The molecular weight excluding hydrogens is 320 g/mol. The molecule has 3 N–H and O–H groups in total. The van der Waals surface area contributed by atoms with Crippen LogP contribution in [0.4, 0.5) is 5.82 Å². The zero-order valence-corrected chi connectivity index (χ0v) is 13.0. The highest BCUT2D eigenvalue weighted by Gasteiger charge is 2.15. The van der Waals surface area contributed by atoms with Gasteiger partial charge in [0.15, 0.2) is 5.82 Å². The average Bonchev–Trinajstić information content (AvgIpc) is 2.46. The number of nitrogens with two attached hydrogens (primary N) is 1. The van der Waals surface area contributed by atoms with E-state index in [1.807, 2.05) is 38.1 Å². The Bertz CT molecular complexity index is 572. The Hall–Kier alpha value is -1.66. The van der Waals surface area contributed by atoms with Gasteiger partial charge >= 0.3 is 0 Å². The van der Waals surface area contributed by atoms with Crippen molar-refractivity contribution in [3.05, 3.63) is 46.2 Å². The fraction of sp³-hybridized carbons (Fsp3) is 0.286. The minimum atomic E-state index is 0.210. The maximum Gasteiger partial charge on any atom is 0.222 e. The molecule has 0 aliphatic carbocycles. The SMILES string of the molecule is CC(C)c1c(NN)ncnc1OCc1ccc(Br)cc1. The molecule has 2 rings (SSSR count). The van der Waals surface area contributed by atoms with Crippen LogP contribution in [0.3, 0.4) is 0 Å². The standard InChI is InChI=1S/C14H17BrN4O/c1-9(2)12-13(19-16)17-8-18-14(12)20-7-10-3-5-11(15)6-4-10/h3-6,8-9H,7,16H2,1-2H3,(H,17,18,19). The van der Waals surface area contributed by atoms with Crippen LogP contribution in [-0.2, 0) is 6.61 Å². The van der Waals surface area contributed by atoms with Crippen molar-refractivity contribution >= 4 is 21.7 Å². The van der Waals surface area contributed by atoms with Crippen LogP contribution in [0.25, 0.3) is 0 Å². The molecule has 0 saturated heterocycles. The van der Waals surface area contributed by atoms with Gasteiger partial charge in [-0.1, -0.05) is 41.9 Å². The van der Waals surface area contributed by atoms with E-state index in [1.165, 1.54) is 6.33 Å². The number of hydrogen-bond donors (Lipinski definition) is 2. The van der Waals surface area contributed by atoms with E-state index in [9.17, 15) is 0 Å². The zero-order valence-electron chi connectivity index (χ0n) is 11.4. The van der Waals surface area contributed by atoms with Crippen molar-refractivity contribution in [3.8, 4) is 5.88 Å². The molecule has 1 heterocycles. The molecule has 0 spiro atoms. The number of benzene rings is 1. The summed E-state index contributed by atoms with van der Waals surface area (Å²) in [4.78, 5) is 8.32. The van der Waals surface area contributed by atoms with Crippen LogP contribution in [0.15, 0.2) is 35.1 Å². The molecule has 5 nitrogen and oxygen atoms in total. The van der Waals surface area contributed by atoms with Gasteiger partial charge in [0, 0.05) is 4.47 Å². The molecule has 106 valence electrons. The summed E-state index contributed by atoms with van der Waals surface area (Å²) in [5, 5.41) is 0. The van der Waals surface area contributed by atoms with E-state index in [0.717, 1.165) is 15.6 Å². The third-order valence-electron chi connectivity index (χ3n) is 2.85. The first kappa shape index (κ1) is 14.7. The molecule has 6 heteroatoms. The Kier molecular flexibility index (Phi) is 4.92. The molecule has 0 unspecified atom stereocenters. The topological polar surface area (TPSA) is 73.1 Å². The minimum absolute atomic E-state index is 0.210. The van der Waals surface area contributed by atoms with Crippen molar-refractivity contribution in [2.24, 2.45) is 5.84 Å². The van der Waals surface area contributed by atoms with Crippen LogP contribution in [-0.4, -0.2) is 9.97 Å². The lowest BCUT2D eigenvalue weighted by atomic mass is 10.1. The van der Waals surface area contributed by atoms with E-state index >= 15 is 0 Å². The van der Waals surface area contributed by atoms with E-state index in [4.69, 9.17) is 10.6 Å². The lowest BCUT2D eigenvalue weighted by molar-refractivity contribution is 0.288. The number of hydrazine groups is 1. The second-order valence-corrected chi connectivity index (χ2v) is 5.57. The van der Waals surface area contributed by atoms with Gasteiger partial charge in [0.2, 0.25) is 5.88 Å². The number of hydrogen-bond acceptors (Lipinski definition) is 5. The Morgan fingerprint density at radius 3 is 2.55 bits per heavy atom. The molecular formula is C14H17BrN4O. The summed E-state index contributed by atoms with van der Waals surface area (Å²) in [5.41, 5.74) is 4.54. The van der Waals surface area contributed by atoms with Gasteiger partial charge in [0.05, 0.1) is 5.56 Å². The summed E-state index contributed by atoms with van der Waals surface area (Å²) in [6.45, 7) is 4.55. The van der Waals surface area contributed by atoms with Crippen LogP contribution in [0.1, 0.15) is 30.9 Å². The largest absolute Gasteiger partial charge is 0.472 e. The number of ether oxygens (including phenoxy) is 1. The summed E-state index contributed by atoms with van der Waals surface area (Å²) in [6.07, 6.45) is 1.44. The molecule has 20 heavy (non-hydrogen) atoms. The first-order valence-corrected chi connectivity index (χ1v) is 7.10. The maximum absolute atomic E-state index is 5.80. The van der Waals surface area contributed by atoms with Crippen LogP contribution >= 0.6 is 15.9 Å². The summed E-state index contributed by atoms with van der Waals surface area (Å²) < 4.78 is 6.85. The monoisotopic (exact) mass is 336 g/mol. The molecule has 0 fully saturated rings. The quantitative estimate of drug-likeness (QED) is 0.647. The fourth-order valence-corrected chi connectivity index (χ4v) is 2.13. The number of nitrogens with one attached hydrogen (secondary N) is 1. The molecule has 0 bridgehead atoms. The third kappa shape index (κ3) is 3.46. The molecule has 0 aliphatic heterocycles. The number of nitrogens with zero attached hydrogens (tertiary/aromatic N) is 2. The lowest BCUT2D eigenvalue weighted by Gasteiger charge is -2.15. The molecule has 0 atom stereocenters. The molecule has 1 aromatic heterocycles. The van der Waals surface area contributed by atoms with E-state index in [1.54, 1.807) is 0 Å². The second-order valence-electron chi connectivity index (χ2n) is 4.66. The summed E-state index contributed by atoms with van der Waals surface area (Å²) in [5.74, 6) is 6.85. The normalized spacial score (nSPS) is 10.7. The van der Waals surface area contributed by atoms with Gasteiger partial charge in [0.1, 0.15) is 12.9 Å². The van der Waals surface area contributed by atoms with Crippen molar-refractivity contribution in [3.63, 3.8) is 0 Å². The Labute approximate surface area is 126 Å². The smallest absolute Gasteiger partial charge is 0.222 e. The van der Waals surface area contributed by atoms with Crippen molar-refractivity contribution in [2.75, 3.05) is 5.43 Å². The summed E-state index contributed by atoms with van der Waals surface area (Å²) in [6, 6.07) is 7.97. The maximum atomic E-state index is 5.80. The Morgan fingerprint density at radius 1 is 1.25 bits per heavy atom. The van der Waals surface area contributed by atoms with E-state index in [0.29, 0.717) is 18.3 Å². The van der Waals surface area contributed by atoms with E-state index in [2.05, 4.69) is 31.3 Å². The lowest BCUT2D eigenvalue weighted by Crippen LogP contribution is -2.14. The minimum Gasteiger partial charge on any atom is -0.472 e. The number of aromatic nitrogens is 2. The van der Waals surface area contributed by atoms with E-state index in [-0.39, 0.29) is 5.92 Å². The van der Waals surface area contributed by atoms with Gasteiger partial charge in [0.25, 0.3) is 0 Å². The highest BCUT2D eigenvalue weighted by atomic mass is 79.9. The second kappa shape index (κ2) is 6.67. The number of nitrogen functional groups attached to an aromatic ring is 1. The molecule has 0 aliphatic rings. The number of halogens is 1. The van der Waals surface area contributed by atoms with Crippen molar-refractivity contribution < 1.29 is 4.74 Å². The molecule has 1 aromatic carbocycles. The highest BCUT2D eigenvalue weighted by Crippen LogP contribution is 2.29. The number of anilines is 1. The van der Waals surface area contributed by atoms with E-state index < -0.39 is 0 Å². The summed E-state index contributed by atoms with van der Waals surface area (Å²) >= 11 is 3.41. The van der Waals surface area contributed by atoms with Gasteiger partial charge in [-0.3, -0.25) is 0 Å². The average molecular weight is 337 g/mol. The van der Waals surface area contributed by atoms with Gasteiger partial charge in [-0.15, -0.1) is 0 Å². The molecule has 0 radical (unpaired) electrons. The van der Waals surface area contributed by atoms with Gasteiger partial charge in [-0.25, -0.2) is 15.8 Å². The highest BCUT2D eigenvalue weighted by molar-refractivity contribution is 9.10. The Morgan fingerprint density at radius 2 is 1.95 bits per heavy atom. The van der Waals surface area contributed by atoms with Crippen LogP contribution < -0.4 is 16.0 Å². The third-order valence-corrected chi connectivity index (χ3v) is 3.38. The fourth-order valence-electron chi connectivity index (χ4n) is 1.86. The van der Waals surface area contributed by atoms with Gasteiger partial charge in [-0.2, -0.15) is 0 Å². The first-order valence-electron chi connectivity index (χ1n) is 6.30. The van der Waals surface area contributed by atoms with Crippen LogP contribution in [0, 0.1) is 0 Å². The van der Waals surface area contributed by atoms with Crippen LogP contribution in [0.2, 0.25) is 0 Å². The first-order chi connectivity index (χ1) is 9.61. The van der Waals surface area contributed by atoms with Crippen molar-refractivity contribution in [2.45, 2.75) is 26.4 Å². The molecule has 0 amide bonds. The molecule has 0 saturated carbocycles. The van der Waals surface area contributed by atoms with Crippen molar-refractivity contribution in [1.29, 1.82) is 0 Å². The predicted octanol–water partition coefficient (Wildman–Crippen LogP) is 3.23. The number of rotatable bonds is 5. The van der Waals surface area contributed by atoms with Crippen LogP contribution in [0.5, 0.6) is 5.88 Å². The van der Waals surface area contributed by atoms with Crippen molar-refractivity contribution in [1.82, 2.24) is 9.97 Å². The van der Waals surface area contributed by atoms with Gasteiger partial charge < -0.3 is 10.2 Å².